The first-order valence-electron chi connectivity index (χ1n) is 11.4. The number of nitrogens with one attached hydrogen (secondary N) is 2. The topological polar surface area (TPSA) is 91.0 Å². The molecule has 4 rings (SSSR count). The fourth-order valence-corrected chi connectivity index (χ4v) is 4.82. The van der Waals surface area contributed by atoms with Gasteiger partial charge in [-0.15, -0.1) is 0 Å². The lowest BCUT2D eigenvalue weighted by atomic mass is 9.98. The van der Waals surface area contributed by atoms with Crippen molar-refractivity contribution in [3.63, 3.8) is 0 Å². The van der Waals surface area contributed by atoms with Crippen LogP contribution in [0.2, 0.25) is 0 Å². The summed E-state index contributed by atoms with van der Waals surface area (Å²) in [6.45, 7) is 4.14. The number of nitrogens with zero attached hydrogens (tertiary/aromatic N) is 2. The number of morpholine rings is 1. The first-order chi connectivity index (χ1) is 15.1. The number of benzene rings is 1. The van der Waals surface area contributed by atoms with E-state index in [1.807, 2.05) is 30.3 Å². The van der Waals surface area contributed by atoms with Crippen molar-refractivity contribution < 1.29 is 19.1 Å². The van der Waals surface area contributed by atoms with Crippen LogP contribution in [0.25, 0.3) is 0 Å². The minimum atomic E-state index is -0.685. The molecule has 1 aromatic rings. The molecular weight excluding hydrogens is 396 g/mol. The van der Waals surface area contributed by atoms with Crippen LogP contribution in [-0.2, 0) is 14.3 Å². The molecule has 168 valence electrons. The third kappa shape index (κ3) is 5.07. The lowest BCUT2D eigenvalue weighted by Gasteiger charge is -2.31. The fraction of sp³-hybridized carbons (Fsp3) is 0.609. The minimum absolute atomic E-state index is 0.0650. The van der Waals surface area contributed by atoms with Crippen molar-refractivity contribution in [3.8, 4) is 0 Å². The number of imide groups is 1. The van der Waals surface area contributed by atoms with Crippen molar-refractivity contribution in [3.05, 3.63) is 35.9 Å². The van der Waals surface area contributed by atoms with Crippen LogP contribution in [0.5, 0.6) is 0 Å². The van der Waals surface area contributed by atoms with Crippen LogP contribution in [0.4, 0.5) is 4.79 Å². The number of hydrogen-bond acceptors (Lipinski definition) is 5. The molecule has 31 heavy (non-hydrogen) atoms. The molecule has 0 bridgehead atoms. The second-order valence-corrected chi connectivity index (χ2v) is 8.72. The molecule has 1 aliphatic carbocycles. The second-order valence-electron chi connectivity index (χ2n) is 8.72. The Labute approximate surface area is 183 Å². The molecule has 0 radical (unpaired) electrons. The van der Waals surface area contributed by atoms with Crippen molar-refractivity contribution in [2.24, 2.45) is 0 Å². The number of carbonyl (C=O) groups is 3. The van der Waals surface area contributed by atoms with E-state index in [4.69, 9.17) is 4.74 Å². The third-order valence-electron chi connectivity index (χ3n) is 6.57. The Hall–Kier alpha value is -2.45. The summed E-state index contributed by atoms with van der Waals surface area (Å²) in [4.78, 5) is 41.3. The number of rotatable bonds is 8. The number of amides is 4. The van der Waals surface area contributed by atoms with Gasteiger partial charge in [-0.2, -0.15) is 0 Å². The van der Waals surface area contributed by atoms with Crippen LogP contribution >= 0.6 is 0 Å². The summed E-state index contributed by atoms with van der Waals surface area (Å²) in [5.41, 5.74) is 0.384. The van der Waals surface area contributed by atoms with Gasteiger partial charge in [-0.3, -0.25) is 19.4 Å². The summed E-state index contributed by atoms with van der Waals surface area (Å²) in [7, 11) is 0. The molecule has 0 unspecified atom stereocenters. The van der Waals surface area contributed by atoms with E-state index in [1.165, 1.54) is 4.90 Å². The highest BCUT2D eigenvalue weighted by Gasteiger charge is 2.52. The van der Waals surface area contributed by atoms with Gasteiger partial charge >= 0.3 is 6.03 Å². The highest BCUT2D eigenvalue weighted by molar-refractivity contribution is 6.07. The van der Waals surface area contributed by atoms with Crippen molar-refractivity contribution in [1.82, 2.24) is 20.4 Å². The minimum Gasteiger partial charge on any atom is -0.379 e. The van der Waals surface area contributed by atoms with E-state index in [-0.39, 0.29) is 36.9 Å². The zero-order valence-electron chi connectivity index (χ0n) is 18.0. The number of hydrogen-bond donors (Lipinski definition) is 2. The molecule has 8 heteroatoms. The summed E-state index contributed by atoms with van der Waals surface area (Å²) in [5.74, 6) is -0.186. The smallest absolute Gasteiger partial charge is 0.325 e. The van der Waals surface area contributed by atoms with Gasteiger partial charge in [-0.05, 0) is 24.8 Å². The Morgan fingerprint density at radius 1 is 1.13 bits per heavy atom. The summed E-state index contributed by atoms with van der Waals surface area (Å²) >= 11 is 0. The Kier molecular flexibility index (Phi) is 6.87. The molecule has 2 heterocycles. The molecular formula is C23H32N4O4. The first-order valence-corrected chi connectivity index (χ1v) is 11.4. The van der Waals surface area contributed by atoms with Crippen LogP contribution < -0.4 is 10.6 Å². The van der Waals surface area contributed by atoms with Crippen molar-refractivity contribution in [1.29, 1.82) is 0 Å². The standard InChI is InChI=1S/C23H32N4O4/c28-20(9-6-12-27-21(29)23(25-22(27)30)10-4-5-11-23)24-19(18-7-2-1-3-8-18)17-26-13-15-31-16-14-26/h1-3,7-8,19H,4-6,9-17H2,(H,24,28)(H,25,30)/t19-/m1/s1. The average molecular weight is 429 g/mol. The molecule has 4 amide bonds. The molecule has 0 aromatic heterocycles. The molecule has 8 nitrogen and oxygen atoms in total. The third-order valence-corrected chi connectivity index (χ3v) is 6.57. The van der Waals surface area contributed by atoms with E-state index in [2.05, 4.69) is 15.5 Å². The maximum atomic E-state index is 12.7. The van der Waals surface area contributed by atoms with Gasteiger partial charge < -0.3 is 15.4 Å². The lowest BCUT2D eigenvalue weighted by Crippen LogP contribution is -2.44. The van der Waals surface area contributed by atoms with Crippen molar-refractivity contribution in [2.45, 2.75) is 50.1 Å². The van der Waals surface area contributed by atoms with Crippen molar-refractivity contribution in [2.75, 3.05) is 39.4 Å². The SMILES string of the molecule is O=C(CCCN1C(=O)NC2(CCCC2)C1=O)N[C@H](CN1CCOCC1)c1ccccc1. The predicted molar refractivity (Wildman–Crippen MR) is 115 cm³/mol. The summed E-state index contributed by atoms with van der Waals surface area (Å²) < 4.78 is 5.43. The zero-order valence-corrected chi connectivity index (χ0v) is 18.0. The second kappa shape index (κ2) is 9.78. The van der Waals surface area contributed by atoms with Gasteiger partial charge in [-0.25, -0.2) is 4.79 Å². The average Bonchev–Trinajstić information content (AvgIpc) is 3.35. The predicted octanol–water partition coefficient (Wildman–Crippen LogP) is 1.82. The van der Waals surface area contributed by atoms with Crippen LogP contribution in [0, 0.1) is 0 Å². The summed E-state index contributed by atoms with van der Waals surface area (Å²) in [6.07, 6.45) is 4.10. The van der Waals surface area contributed by atoms with E-state index in [0.29, 0.717) is 19.6 Å². The van der Waals surface area contributed by atoms with Crippen LogP contribution in [0.15, 0.2) is 30.3 Å². The fourth-order valence-electron chi connectivity index (χ4n) is 4.82. The van der Waals surface area contributed by atoms with Crippen LogP contribution in [0.3, 0.4) is 0 Å². The highest BCUT2D eigenvalue weighted by atomic mass is 16.5. The van der Waals surface area contributed by atoms with Gasteiger partial charge in [0.05, 0.1) is 19.3 Å². The molecule has 1 spiro atoms. The molecule has 3 aliphatic rings. The Morgan fingerprint density at radius 2 is 1.84 bits per heavy atom. The summed E-state index contributed by atoms with van der Waals surface area (Å²) in [5, 5.41) is 6.04. The van der Waals surface area contributed by atoms with Crippen molar-refractivity contribution >= 4 is 17.8 Å². The van der Waals surface area contributed by atoms with E-state index in [0.717, 1.165) is 50.9 Å². The molecule has 2 saturated heterocycles. The van der Waals surface area contributed by atoms with Gasteiger partial charge in [0.15, 0.2) is 0 Å². The van der Waals surface area contributed by atoms with E-state index < -0.39 is 5.54 Å². The van der Waals surface area contributed by atoms with Gasteiger partial charge in [0, 0.05) is 32.6 Å². The Balaban J connectivity index is 1.29. The van der Waals surface area contributed by atoms with Crippen LogP contribution in [0.1, 0.15) is 50.1 Å². The van der Waals surface area contributed by atoms with E-state index in [1.54, 1.807) is 0 Å². The number of carbonyl (C=O) groups excluding carboxylic acids is 3. The molecule has 1 atom stereocenters. The molecule has 2 N–H and O–H groups in total. The maximum Gasteiger partial charge on any atom is 0.325 e. The van der Waals surface area contributed by atoms with Gasteiger partial charge in [0.25, 0.3) is 5.91 Å². The highest BCUT2D eigenvalue weighted by Crippen LogP contribution is 2.35. The van der Waals surface area contributed by atoms with E-state index >= 15 is 0 Å². The quantitative estimate of drug-likeness (QED) is 0.617. The monoisotopic (exact) mass is 428 g/mol. The molecule has 3 fully saturated rings. The van der Waals surface area contributed by atoms with Gasteiger partial charge in [-0.1, -0.05) is 43.2 Å². The zero-order chi connectivity index (χ0) is 21.7. The maximum absolute atomic E-state index is 12.7. The number of ether oxygens (including phenoxy) is 1. The Morgan fingerprint density at radius 3 is 2.55 bits per heavy atom. The van der Waals surface area contributed by atoms with E-state index in [9.17, 15) is 14.4 Å². The summed E-state index contributed by atoms with van der Waals surface area (Å²) in [6, 6.07) is 9.55. The van der Waals surface area contributed by atoms with Gasteiger partial charge in [0.1, 0.15) is 5.54 Å². The molecule has 2 aliphatic heterocycles. The molecule has 1 saturated carbocycles. The first kappa shape index (κ1) is 21.8. The van der Waals surface area contributed by atoms with Gasteiger partial charge in [0.2, 0.25) is 5.91 Å². The largest absolute Gasteiger partial charge is 0.379 e. The lowest BCUT2D eigenvalue weighted by molar-refractivity contribution is -0.131. The van der Waals surface area contributed by atoms with Crippen LogP contribution in [-0.4, -0.2) is 72.6 Å². The molecule has 1 aromatic carbocycles. The Bertz CT molecular complexity index is 788. The normalized spacial score (nSPS) is 22.0. The number of urea groups is 1.